The van der Waals surface area contributed by atoms with Crippen LogP contribution in [0, 0.1) is 18.6 Å². The molecule has 0 atom stereocenters. The number of nitrogens with one attached hydrogen (secondary N) is 2. The Bertz CT molecular complexity index is 1340. The average molecular weight is 529 g/mol. The van der Waals surface area contributed by atoms with Crippen LogP contribution in [0.5, 0.6) is 11.6 Å². The van der Waals surface area contributed by atoms with Gasteiger partial charge in [-0.15, -0.1) is 0 Å². The number of aromatic nitrogens is 3. The lowest BCUT2D eigenvalue weighted by molar-refractivity contribution is 0.313. The monoisotopic (exact) mass is 528 g/mol. The lowest BCUT2D eigenvalue weighted by Gasteiger charge is -2.34. The van der Waals surface area contributed by atoms with E-state index in [1.165, 1.54) is 12.4 Å². The number of piperazine rings is 1. The molecule has 176 valence electrons. The molecule has 1 aliphatic heterocycles. The lowest BCUT2D eigenvalue weighted by Crippen LogP contribution is -2.44. The number of hydrogen-bond donors (Lipinski definition) is 2. The molecule has 0 bridgehead atoms. The van der Waals surface area contributed by atoms with Gasteiger partial charge in [0.2, 0.25) is 5.88 Å². The van der Waals surface area contributed by atoms with Gasteiger partial charge in [-0.3, -0.25) is 0 Å². The van der Waals surface area contributed by atoms with E-state index >= 15 is 0 Å². The molecule has 0 aliphatic carbocycles. The summed E-state index contributed by atoms with van der Waals surface area (Å²) in [6.45, 7) is 5.80. The maximum absolute atomic E-state index is 14.9. The third-order valence-corrected chi connectivity index (χ3v) is 6.58. The molecule has 1 fully saturated rings. The van der Waals surface area contributed by atoms with Crippen molar-refractivity contribution in [3.05, 3.63) is 64.5 Å². The minimum absolute atomic E-state index is 0.0662. The van der Waals surface area contributed by atoms with E-state index in [1.807, 2.05) is 12.1 Å². The van der Waals surface area contributed by atoms with E-state index in [2.05, 4.69) is 65.2 Å². The summed E-state index contributed by atoms with van der Waals surface area (Å²) in [5, 5.41) is 3.34. The molecule has 10 heteroatoms. The van der Waals surface area contributed by atoms with Crippen LogP contribution in [-0.2, 0) is 0 Å². The number of H-pyrrole nitrogens is 1. The van der Waals surface area contributed by atoms with Gasteiger partial charge in [-0.05, 0) is 60.2 Å². The molecular formula is C24H23BrF2N6O. The fraction of sp³-hybridized carbons (Fsp3) is 0.250. The zero-order chi connectivity index (χ0) is 23.8. The molecule has 0 unspecified atom stereocenters. The minimum atomic E-state index is -0.666. The van der Waals surface area contributed by atoms with Crippen molar-refractivity contribution in [1.29, 1.82) is 0 Å². The third-order valence-electron chi connectivity index (χ3n) is 5.86. The number of aromatic amines is 1. The Morgan fingerprint density at radius 1 is 1.06 bits per heavy atom. The minimum Gasteiger partial charge on any atom is -0.434 e. The fourth-order valence-electron chi connectivity index (χ4n) is 3.98. The van der Waals surface area contributed by atoms with Crippen LogP contribution in [0.3, 0.4) is 0 Å². The molecule has 0 saturated carbocycles. The van der Waals surface area contributed by atoms with Gasteiger partial charge in [0.1, 0.15) is 10.8 Å². The summed E-state index contributed by atoms with van der Waals surface area (Å²) >= 11 is 3.43. The maximum atomic E-state index is 14.9. The highest BCUT2D eigenvalue weighted by molar-refractivity contribution is 9.10. The standard InChI is InChI=1S/C24H23BrF2N6O/c1-14-11-17-21(27)19(12-18(26)22(17)30-14)34-24-20(25)23(28-13-29-24)31-15-3-5-16(6-4-15)33-9-7-32(2)8-10-33/h3-6,11-13,30H,7-10H2,1-2H3,(H,28,29,31). The first-order valence-corrected chi connectivity index (χ1v) is 11.6. The molecule has 2 N–H and O–H groups in total. The summed E-state index contributed by atoms with van der Waals surface area (Å²) in [6.07, 6.45) is 1.30. The maximum Gasteiger partial charge on any atom is 0.239 e. The molecule has 5 rings (SSSR count). The van der Waals surface area contributed by atoms with Crippen LogP contribution < -0.4 is 15.0 Å². The van der Waals surface area contributed by atoms with Gasteiger partial charge in [0.05, 0.1) is 5.52 Å². The molecule has 1 aliphatic rings. The number of ether oxygens (including phenoxy) is 1. The Balaban J connectivity index is 1.35. The van der Waals surface area contributed by atoms with Crippen LogP contribution in [0.1, 0.15) is 5.69 Å². The van der Waals surface area contributed by atoms with Gasteiger partial charge in [0, 0.05) is 54.7 Å². The SMILES string of the molecule is Cc1cc2c(F)c(Oc3ncnc(Nc4ccc(N5CCN(C)CC5)cc4)c3Br)cc(F)c2[nH]1. The Hall–Kier alpha value is -3.24. The zero-order valence-corrected chi connectivity index (χ0v) is 20.3. The number of anilines is 3. The fourth-order valence-corrected chi connectivity index (χ4v) is 4.37. The van der Waals surface area contributed by atoms with E-state index < -0.39 is 11.6 Å². The van der Waals surface area contributed by atoms with Gasteiger partial charge in [0.15, 0.2) is 23.2 Å². The van der Waals surface area contributed by atoms with Gasteiger partial charge in [-0.2, -0.15) is 0 Å². The number of benzene rings is 2. The first kappa shape index (κ1) is 22.5. The molecular weight excluding hydrogens is 506 g/mol. The highest BCUT2D eigenvalue weighted by atomic mass is 79.9. The highest BCUT2D eigenvalue weighted by Gasteiger charge is 2.19. The largest absolute Gasteiger partial charge is 0.434 e. The van der Waals surface area contributed by atoms with Gasteiger partial charge < -0.3 is 24.8 Å². The smallest absolute Gasteiger partial charge is 0.239 e. The number of aryl methyl sites for hydroxylation is 1. The number of halogens is 3. The summed E-state index contributed by atoms with van der Waals surface area (Å²) in [5.74, 6) is -1.03. The van der Waals surface area contributed by atoms with E-state index in [-0.39, 0.29) is 22.5 Å². The molecule has 1 saturated heterocycles. The Morgan fingerprint density at radius 3 is 2.53 bits per heavy atom. The zero-order valence-electron chi connectivity index (χ0n) is 18.7. The molecule has 4 aromatic rings. The van der Waals surface area contributed by atoms with Gasteiger partial charge in [0.25, 0.3) is 0 Å². The highest BCUT2D eigenvalue weighted by Crippen LogP contribution is 2.37. The molecule has 0 radical (unpaired) electrons. The van der Waals surface area contributed by atoms with E-state index in [0.29, 0.717) is 16.0 Å². The second kappa shape index (κ2) is 9.19. The first-order chi connectivity index (χ1) is 16.4. The molecule has 7 nitrogen and oxygen atoms in total. The Morgan fingerprint density at radius 2 is 1.79 bits per heavy atom. The summed E-state index contributed by atoms with van der Waals surface area (Å²) in [4.78, 5) is 15.8. The summed E-state index contributed by atoms with van der Waals surface area (Å²) in [7, 11) is 2.13. The van der Waals surface area contributed by atoms with Crippen molar-refractivity contribution in [3.63, 3.8) is 0 Å². The predicted octanol–water partition coefficient (Wildman–Crippen LogP) is 5.59. The molecule has 0 amide bonds. The van der Waals surface area contributed by atoms with Crippen LogP contribution in [0.15, 0.2) is 47.2 Å². The van der Waals surface area contributed by atoms with Crippen LogP contribution in [-0.4, -0.2) is 53.1 Å². The Labute approximate surface area is 203 Å². The summed E-state index contributed by atoms with van der Waals surface area (Å²) in [6, 6.07) is 10.6. The number of likely N-dealkylation sites (N-methyl/N-ethyl adjacent to an activating group) is 1. The van der Waals surface area contributed by atoms with Gasteiger partial charge in [-0.1, -0.05) is 0 Å². The van der Waals surface area contributed by atoms with Crippen LogP contribution in [0.25, 0.3) is 10.9 Å². The molecule has 34 heavy (non-hydrogen) atoms. The first-order valence-electron chi connectivity index (χ1n) is 10.9. The third kappa shape index (κ3) is 4.43. The van der Waals surface area contributed by atoms with E-state index in [4.69, 9.17) is 4.74 Å². The molecule has 2 aromatic heterocycles. The number of rotatable bonds is 5. The van der Waals surface area contributed by atoms with Gasteiger partial charge >= 0.3 is 0 Å². The summed E-state index contributed by atoms with van der Waals surface area (Å²) in [5.41, 5.74) is 2.74. The van der Waals surface area contributed by atoms with Crippen LogP contribution in [0.4, 0.5) is 26.0 Å². The topological polar surface area (TPSA) is 69.3 Å². The Kier molecular flexibility index (Phi) is 6.09. The quantitative estimate of drug-likeness (QED) is 0.351. The second-order valence-corrected chi connectivity index (χ2v) is 9.11. The number of nitrogens with zero attached hydrogens (tertiary/aromatic N) is 4. The molecule has 3 heterocycles. The van der Waals surface area contributed by atoms with Crippen molar-refractivity contribution in [2.45, 2.75) is 6.92 Å². The van der Waals surface area contributed by atoms with E-state index in [9.17, 15) is 8.78 Å². The van der Waals surface area contributed by atoms with E-state index in [1.54, 1.807) is 6.92 Å². The summed E-state index contributed by atoms with van der Waals surface area (Å²) < 4.78 is 35.4. The number of hydrogen-bond acceptors (Lipinski definition) is 6. The molecule has 2 aromatic carbocycles. The predicted molar refractivity (Wildman–Crippen MR) is 132 cm³/mol. The van der Waals surface area contributed by atoms with Crippen molar-refractivity contribution in [3.8, 4) is 11.6 Å². The average Bonchev–Trinajstić information content (AvgIpc) is 3.23. The van der Waals surface area contributed by atoms with Crippen molar-refractivity contribution in [1.82, 2.24) is 19.9 Å². The van der Waals surface area contributed by atoms with Crippen LogP contribution >= 0.6 is 15.9 Å². The normalized spacial score (nSPS) is 14.6. The van der Waals surface area contributed by atoms with E-state index in [0.717, 1.165) is 43.6 Å². The lowest BCUT2D eigenvalue weighted by atomic mass is 10.2. The van der Waals surface area contributed by atoms with Crippen molar-refractivity contribution < 1.29 is 13.5 Å². The second-order valence-electron chi connectivity index (χ2n) is 8.32. The van der Waals surface area contributed by atoms with Crippen molar-refractivity contribution in [2.75, 3.05) is 43.4 Å². The van der Waals surface area contributed by atoms with Crippen molar-refractivity contribution >= 4 is 44.0 Å². The van der Waals surface area contributed by atoms with Crippen molar-refractivity contribution in [2.24, 2.45) is 0 Å². The number of fused-ring (bicyclic) bond motifs is 1. The molecule has 0 spiro atoms. The van der Waals surface area contributed by atoms with Crippen LogP contribution in [0.2, 0.25) is 0 Å². The van der Waals surface area contributed by atoms with Gasteiger partial charge in [-0.25, -0.2) is 18.7 Å².